The summed E-state index contributed by atoms with van der Waals surface area (Å²) < 4.78 is 0. The van der Waals surface area contributed by atoms with Gasteiger partial charge in [0.25, 0.3) is 0 Å². The van der Waals surface area contributed by atoms with Gasteiger partial charge in [-0.15, -0.1) is 0 Å². The second-order valence-electron chi connectivity index (χ2n) is 2.81. The van der Waals surface area contributed by atoms with Crippen molar-refractivity contribution in [2.45, 2.75) is 26.0 Å². The predicted octanol–water partition coefficient (Wildman–Crippen LogP) is 0.0708. The van der Waals surface area contributed by atoms with Crippen molar-refractivity contribution in [1.29, 1.82) is 0 Å². The van der Waals surface area contributed by atoms with Crippen LogP contribution in [-0.4, -0.2) is 47.0 Å². The average molecular weight is 193 g/mol. The Hall–Kier alpha value is 0.230. The molecule has 1 unspecified atom stereocenters. The van der Waals surface area contributed by atoms with Crippen molar-refractivity contribution in [3.05, 3.63) is 0 Å². The van der Waals surface area contributed by atoms with Crippen LogP contribution in [0.25, 0.3) is 0 Å². The first-order valence-corrected chi connectivity index (χ1v) is 5.46. The number of rotatable bonds is 7. The molecule has 74 valence electrons. The molecule has 0 aromatic rings. The van der Waals surface area contributed by atoms with E-state index in [0.29, 0.717) is 12.6 Å². The van der Waals surface area contributed by atoms with Gasteiger partial charge in [0.1, 0.15) is 0 Å². The lowest BCUT2D eigenvalue weighted by Crippen LogP contribution is -2.36. The van der Waals surface area contributed by atoms with Gasteiger partial charge < -0.3 is 15.5 Å². The third-order valence-electron chi connectivity index (χ3n) is 1.48. The molecule has 0 bridgehead atoms. The van der Waals surface area contributed by atoms with E-state index < -0.39 is 6.10 Å². The van der Waals surface area contributed by atoms with Crippen LogP contribution in [0.1, 0.15) is 13.8 Å². The quantitative estimate of drug-likeness (QED) is 0.535. The summed E-state index contributed by atoms with van der Waals surface area (Å²) in [5.41, 5.74) is 0. The Bertz CT molecular complexity index is 103. The number of aliphatic hydroxyl groups is 2. The zero-order valence-corrected chi connectivity index (χ0v) is 8.60. The average Bonchev–Trinajstić information content (AvgIpc) is 2.10. The highest BCUT2D eigenvalue weighted by atomic mass is 32.2. The molecule has 0 aromatic heterocycles. The van der Waals surface area contributed by atoms with Crippen molar-refractivity contribution in [2.24, 2.45) is 0 Å². The van der Waals surface area contributed by atoms with Crippen molar-refractivity contribution in [3.8, 4) is 0 Å². The van der Waals surface area contributed by atoms with Gasteiger partial charge in [-0.05, 0) is 12.7 Å². The minimum absolute atomic E-state index is 0.166. The second kappa shape index (κ2) is 7.86. The summed E-state index contributed by atoms with van der Waals surface area (Å²) in [6.45, 7) is 4.51. The van der Waals surface area contributed by atoms with Gasteiger partial charge in [-0.1, -0.05) is 6.92 Å². The molecule has 0 aromatic carbocycles. The van der Waals surface area contributed by atoms with Crippen LogP contribution >= 0.6 is 11.8 Å². The molecule has 0 amide bonds. The van der Waals surface area contributed by atoms with Crippen molar-refractivity contribution >= 4 is 11.8 Å². The SMILES string of the molecule is CCSCC(C)NC[C@H](O)CO. The van der Waals surface area contributed by atoms with E-state index in [9.17, 15) is 0 Å². The Kier molecular flexibility index (Phi) is 8.01. The monoisotopic (exact) mass is 193 g/mol. The number of nitrogens with one attached hydrogen (secondary N) is 1. The molecule has 0 aliphatic carbocycles. The van der Waals surface area contributed by atoms with Crippen LogP contribution in [0.15, 0.2) is 0 Å². The van der Waals surface area contributed by atoms with Gasteiger partial charge >= 0.3 is 0 Å². The Morgan fingerprint density at radius 2 is 2.17 bits per heavy atom. The Morgan fingerprint density at radius 3 is 2.67 bits per heavy atom. The lowest BCUT2D eigenvalue weighted by molar-refractivity contribution is 0.0930. The standard InChI is InChI=1S/C8H19NO2S/c1-3-12-6-7(2)9-4-8(11)5-10/h7-11H,3-6H2,1-2H3/t7?,8-/m0/s1. The van der Waals surface area contributed by atoms with Gasteiger partial charge in [0, 0.05) is 18.3 Å². The maximum absolute atomic E-state index is 9.01. The number of thioether (sulfide) groups is 1. The summed E-state index contributed by atoms with van der Waals surface area (Å²) in [6, 6.07) is 0.399. The summed E-state index contributed by atoms with van der Waals surface area (Å²) in [6.07, 6.45) is -0.626. The third-order valence-corrected chi connectivity index (χ3v) is 2.63. The molecule has 0 spiro atoms. The molecule has 0 rings (SSSR count). The van der Waals surface area contributed by atoms with Gasteiger partial charge in [-0.3, -0.25) is 0 Å². The maximum atomic E-state index is 9.01. The summed E-state index contributed by atoms with van der Waals surface area (Å²) in [5, 5.41) is 20.7. The molecule has 0 saturated carbocycles. The van der Waals surface area contributed by atoms with E-state index >= 15 is 0 Å². The van der Waals surface area contributed by atoms with E-state index in [1.54, 1.807) is 0 Å². The zero-order chi connectivity index (χ0) is 9.40. The van der Waals surface area contributed by atoms with Crippen LogP contribution in [0.2, 0.25) is 0 Å². The lowest BCUT2D eigenvalue weighted by Gasteiger charge is -2.14. The minimum atomic E-state index is -0.626. The predicted molar refractivity (Wildman–Crippen MR) is 53.6 cm³/mol. The highest BCUT2D eigenvalue weighted by Crippen LogP contribution is 2.00. The number of hydrogen-bond donors (Lipinski definition) is 3. The van der Waals surface area contributed by atoms with Gasteiger partial charge in [0.15, 0.2) is 0 Å². The van der Waals surface area contributed by atoms with Gasteiger partial charge in [0.05, 0.1) is 12.7 Å². The first-order chi connectivity index (χ1) is 5.70. The fourth-order valence-corrected chi connectivity index (χ4v) is 1.46. The molecular formula is C8H19NO2S. The Labute approximate surface area is 78.6 Å². The van der Waals surface area contributed by atoms with Crippen LogP contribution in [0.4, 0.5) is 0 Å². The normalized spacial score (nSPS) is 16.0. The van der Waals surface area contributed by atoms with Crippen molar-refractivity contribution in [3.63, 3.8) is 0 Å². The molecule has 4 heteroatoms. The first-order valence-electron chi connectivity index (χ1n) is 4.30. The molecule has 12 heavy (non-hydrogen) atoms. The third kappa shape index (κ3) is 6.91. The van der Waals surface area contributed by atoms with E-state index in [1.807, 2.05) is 11.8 Å². The van der Waals surface area contributed by atoms with Crippen LogP contribution < -0.4 is 5.32 Å². The Morgan fingerprint density at radius 1 is 1.50 bits per heavy atom. The number of aliphatic hydroxyl groups excluding tert-OH is 2. The molecule has 0 aliphatic rings. The van der Waals surface area contributed by atoms with E-state index in [4.69, 9.17) is 10.2 Å². The van der Waals surface area contributed by atoms with Crippen LogP contribution in [0.5, 0.6) is 0 Å². The van der Waals surface area contributed by atoms with Gasteiger partial charge in [-0.25, -0.2) is 0 Å². The molecule has 0 radical (unpaired) electrons. The highest BCUT2D eigenvalue weighted by Gasteiger charge is 2.04. The van der Waals surface area contributed by atoms with Crippen LogP contribution in [-0.2, 0) is 0 Å². The fraction of sp³-hybridized carbons (Fsp3) is 1.00. The molecule has 0 saturated heterocycles. The topological polar surface area (TPSA) is 52.5 Å². The van der Waals surface area contributed by atoms with Crippen molar-refractivity contribution in [2.75, 3.05) is 24.7 Å². The highest BCUT2D eigenvalue weighted by molar-refractivity contribution is 7.99. The molecule has 3 N–H and O–H groups in total. The van der Waals surface area contributed by atoms with E-state index in [1.165, 1.54) is 0 Å². The minimum Gasteiger partial charge on any atom is -0.394 e. The summed E-state index contributed by atoms with van der Waals surface area (Å²) in [4.78, 5) is 0. The second-order valence-corrected chi connectivity index (χ2v) is 4.12. The van der Waals surface area contributed by atoms with Crippen LogP contribution in [0.3, 0.4) is 0 Å². The molecular weight excluding hydrogens is 174 g/mol. The molecule has 0 heterocycles. The summed E-state index contributed by atoms with van der Waals surface area (Å²) in [7, 11) is 0. The smallest absolute Gasteiger partial charge is 0.0895 e. The van der Waals surface area contributed by atoms with Crippen LogP contribution in [0, 0.1) is 0 Å². The molecule has 0 fully saturated rings. The lowest BCUT2D eigenvalue weighted by atomic mass is 10.3. The van der Waals surface area contributed by atoms with E-state index in [0.717, 1.165) is 11.5 Å². The Balaban J connectivity index is 3.24. The van der Waals surface area contributed by atoms with Crippen molar-refractivity contribution < 1.29 is 10.2 Å². The summed E-state index contributed by atoms with van der Waals surface area (Å²) in [5.74, 6) is 2.17. The largest absolute Gasteiger partial charge is 0.394 e. The fourth-order valence-electron chi connectivity index (χ4n) is 0.755. The molecule has 0 aliphatic heterocycles. The van der Waals surface area contributed by atoms with E-state index in [2.05, 4.69) is 19.2 Å². The zero-order valence-electron chi connectivity index (χ0n) is 7.79. The van der Waals surface area contributed by atoms with Gasteiger partial charge in [-0.2, -0.15) is 11.8 Å². The van der Waals surface area contributed by atoms with Crippen molar-refractivity contribution in [1.82, 2.24) is 5.32 Å². The molecule has 2 atom stereocenters. The van der Waals surface area contributed by atoms with E-state index in [-0.39, 0.29) is 6.61 Å². The molecule has 3 nitrogen and oxygen atoms in total. The first kappa shape index (κ1) is 12.2. The maximum Gasteiger partial charge on any atom is 0.0895 e. The van der Waals surface area contributed by atoms with Gasteiger partial charge in [0.2, 0.25) is 0 Å². The number of hydrogen-bond acceptors (Lipinski definition) is 4. The summed E-state index contributed by atoms with van der Waals surface area (Å²) >= 11 is 1.87.